The van der Waals surface area contributed by atoms with Gasteiger partial charge in [-0.05, 0) is 50.6 Å². The van der Waals surface area contributed by atoms with Crippen molar-refractivity contribution >= 4 is 47.1 Å². The number of aryl methyl sites for hydroxylation is 1. The van der Waals surface area contributed by atoms with Crippen LogP contribution in [0.5, 0.6) is 0 Å². The highest BCUT2D eigenvalue weighted by Gasteiger charge is 2.14. The molecular weight excluding hydrogens is 437 g/mol. The normalized spacial score (nSPS) is 12.3. The first-order chi connectivity index (χ1) is 14.4. The van der Waals surface area contributed by atoms with Crippen molar-refractivity contribution in [1.29, 1.82) is 0 Å². The number of benzene rings is 2. The van der Waals surface area contributed by atoms with Crippen LogP contribution in [0.4, 0.5) is 0 Å². The Kier molecular flexibility index (Phi) is 7.64. The number of carbonyl (C=O) groups is 1. The molecule has 156 valence electrons. The van der Waals surface area contributed by atoms with Gasteiger partial charge in [-0.1, -0.05) is 53.5 Å². The molecular formula is C23H23Cl2N3OS. The van der Waals surface area contributed by atoms with E-state index in [9.17, 15) is 4.79 Å². The zero-order chi connectivity index (χ0) is 21.7. The van der Waals surface area contributed by atoms with Crippen LogP contribution in [0, 0.1) is 13.8 Å². The Morgan fingerprint density at radius 2 is 1.87 bits per heavy atom. The molecule has 1 N–H and O–H groups in total. The lowest BCUT2D eigenvalue weighted by molar-refractivity contribution is -0.120. The van der Waals surface area contributed by atoms with Crippen molar-refractivity contribution in [2.45, 2.75) is 31.8 Å². The number of aromatic nitrogens is 1. The van der Waals surface area contributed by atoms with Crippen LogP contribution in [0.15, 0.2) is 59.7 Å². The Balaban J connectivity index is 1.63. The first-order valence-corrected chi connectivity index (χ1v) is 11.3. The molecule has 4 nitrogen and oxygen atoms in total. The summed E-state index contributed by atoms with van der Waals surface area (Å²) in [5.41, 5.74) is 7.71. The van der Waals surface area contributed by atoms with Gasteiger partial charge in [0.2, 0.25) is 0 Å². The molecule has 0 unspecified atom stereocenters. The number of halogens is 2. The summed E-state index contributed by atoms with van der Waals surface area (Å²) < 4.78 is 2.07. The molecule has 0 fully saturated rings. The maximum Gasteiger partial charge on any atom is 0.252 e. The van der Waals surface area contributed by atoms with Gasteiger partial charge in [-0.25, -0.2) is 5.43 Å². The molecule has 0 radical (unpaired) electrons. The molecule has 2 aromatic carbocycles. The standard InChI is InChI=1S/C23H23Cl2N3OS/c1-15-11-19(16(2)28(15)20-9-10-21(24)22(25)12-20)13-26-27-23(29)17(3)30-14-18-7-5-4-6-8-18/h4-13,17H,14H2,1-3H3,(H,27,29)/b26-13-/t17-/m0/s1. The molecule has 0 spiro atoms. The van der Waals surface area contributed by atoms with E-state index in [2.05, 4.69) is 27.2 Å². The van der Waals surface area contributed by atoms with Crippen LogP contribution < -0.4 is 5.43 Å². The fourth-order valence-electron chi connectivity index (χ4n) is 3.07. The Morgan fingerprint density at radius 3 is 2.57 bits per heavy atom. The van der Waals surface area contributed by atoms with Crippen molar-refractivity contribution in [3.63, 3.8) is 0 Å². The Morgan fingerprint density at radius 1 is 1.13 bits per heavy atom. The van der Waals surface area contributed by atoms with Crippen LogP contribution >= 0.6 is 35.0 Å². The molecule has 3 rings (SSSR count). The summed E-state index contributed by atoms with van der Waals surface area (Å²) in [6.45, 7) is 5.89. The third-order valence-electron chi connectivity index (χ3n) is 4.72. The minimum atomic E-state index is -0.203. The van der Waals surface area contributed by atoms with Crippen LogP contribution in [-0.4, -0.2) is 21.9 Å². The van der Waals surface area contributed by atoms with E-state index in [1.165, 1.54) is 5.56 Å². The highest BCUT2D eigenvalue weighted by atomic mass is 35.5. The molecule has 0 aliphatic rings. The second-order valence-corrected chi connectivity index (χ2v) is 9.08. The summed E-state index contributed by atoms with van der Waals surface area (Å²) in [5.74, 6) is 0.662. The van der Waals surface area contributed by atoms with Crippen LogP contribution in [0.1, 0.15) is 29.4 Å². The van der Waals surface area contributed by atoms with Crippen LogP contribution in [0.2, 0.25) is 10.0 Å². The molecule has 0 aliphatic carbocycles. The lowest BCUT2D eigenvalue weighted by Crippen LogP contribution is -2.27. The monoisotopic (exact) mass is 459 g/mol. The zero-order valence-corrected chi connectivity index (χ0v) is 19.4. The Labute approximate surface area is 191 Å². The van der Waals surface area contributed by atoms with E-state index in [1.54, 1.807) is 24.0 Å². The van der Waals surface area contributed by atoms with Crippen molar-refractivity contribution < 1.29 is 4.79 Å². The molecule has 0 aliphatic heterocycles. The van der Waals surface area contributed by atoms with E-state index in [0.29, 0.717) is 10.0 Å². The van der Waals surface area contributed by atoms with Crippen LogP contribution in [0.25, 0.3) is 5.69 Å². The van der Waals surface area contributed by atoms with E-state index < -0.39 is 0 Å². The highest BCUT2D eigenvalue weighted by molar-refractivity contribution is 7.99. The van der Waals surface area contributed by atoms with Gasteiger partial charge in [-0.15, -0.1) is 11.8 Å². The minimum absolute atomic E-state index is 0.120. The largest absolute Gasteiger partial charge is 0.318 e. The zero-order valence-electron chi connectivity index (χ0n) is 17.0. The summed E-state index contributed by atoms with van der Waals surface area (Å²) >= 11 is 13.8. The van der Waals surface area contributed by atoms with Crippen LogP contribution in [0.3, 0.4) is 0 Å². The van der Waals surface area contributed by atoms with Crippen LogP contribution in [-0.2, 0) is 10.5 Å². The van der Waals surface area contributed by atoms with Gasteiger partial charge in [-0.2, -0.15) is 5.10 Å². The number of hydrogen-bond acceptors (Lipinski definition) is 3. The molecule has 3 aromatic rings. The van der Waals surface area contributed by atoms with Crippen molar-refractivity contribution in [1.82, 2.24) is 9.99 Å². The van der Waals surface area contributed by atoms with E-state index in [4.69, 9.17) is 23.2 Å². The first-order valence-electron chi connectivity index (χ1n) is 9.49. The number of hydrogen-bond donors (Lipinski definition) is 1. The quantitative estimate of drug-likeness (QED) is 0.338. The van der Waals surface area contributed by atoms with E-state index in [1.807, 2.05) is 57.2 Å². The molecule has 1 amide bonds. The smallest absolute Gasteiger partial charge is 0.252 e. The molecule has 1 heterocycles. The highest BCUT2D eigenvalue weighted by Crippen LogP contribution is 2.27. The molecule has 30 heavy (non-hydrogen) atoms. The number of thioether (sulfide) groups is 1. The van der Waals surface area contributed by atoms with Crippen molar-refractivity contribution in [2.24, 2.45) is 5.10 Å². The number of rotatable bonds is 7. The fraction of sp³-hybridized carbons (Fsp3) is 0.217. The predicted octanol–water partition coefficient (Wildman–Crippen LogP) is 6.17. The van der Waals surface area contributed by atoms with Crippen molar-refractivity contribution in [2.75, 3.05) is 0 Å². The summed E-state index contributed by atoms with van der Waals surface area (Å²) in [6, 6.07) is 17.6. The maximum atomic E-state index is 12.3. The number of nitrogens with one attached hydrogen (secondary N) is 1. The van der Waals surface area contributed by atoms with Gasteiger partial charge in [0, 0.05) is 28.4 Å². The average Bonchev–Trinajstić information content (AvgIpc) is 3.02. The van der Waals surface area contributed by atoms with Gasteiger partial charge in [0.1, 0.15) is 0 Å². The number of carbonyl (C=O) groups excluding carboxylic acids is 1. The SMILES string of the molecule is Cc1cc(/C=N\NC(=O)[C@H](C)SCc2ccccc2)c(C)n1-c1ccc(Cl)c(Cl)c1. The topological polar surface area (TPSA) is 46.4 Å². The summed E-state index contributed by atoms with van der Waals surface area (Å²) in [7, 11) is 0. The Bertz CT molecular complexity index is 1060. The van der Waals surface area contributed by atoms with Crippen molar-refractivity contribution in [3.8, 4) is 5.69 Å². The van der Waals surface area contributed by atoms with Gasteiger partial charge >= 0.3 is 0 Å². The first kappa shape index (κ1) is 22.5. The molecule has 1 aromatic heterocycles. The molecule has 0 saturated heterocycles. The second-order valence-electron chi connectivity index (χ2n) is 6.93. The number of hydrazone groups is 1. The lowest BCUT2D eigenvalue weighted by atomic mass is 10.2. The third kappa shape index (κ3) is 5.48. The predicted molar refractivity (Wildman–Crippen MR) is 128 cm³/mol. The van der Waals surface area contributed by atoms with Gasteiger partial charge in [0.15, 0.2) is 0 Å². The lowest BCUT2D eigenvalue weighted by Gasteiger charge is -2.10. The summed E-state index contributed by atoms with van der Waals surface area (Å²) in [4.78, 5) is 12.3. The minimum Gasteiger partial charge on any atom is -0.318 e. The molecule has 7 heteroatoms. The van der Waals surface area contributed by atoms with Gasteiger partial charge in [0.05, 0.1) is 21.5 Å². The summed E-state index contributed by atoms with van der Waals surface area (Å²) in [6.07, 6.45) is 1.67. The number of nitrogens with zero attached hydrogens (tertiary/aromatic N) is 2. The van der Waals surface area contributed by atoms with Gasteiger partial charge in [-0.3, -0.25) is 4.79 Å². The fourth-order valence-corrected chi connectivity index (χ4v) is 4.20. The molecule has 0 bridgehead atoms. The van der Waals surface area contributed by atoms with E-state index >= 15 is 0 Å². The van der Waals surface area contributed by atoms with E-state index in [0.717, 1.165) is 28.4 Å². The van der Waals surface area contributed by atoms with Gasteiger partial charge in [0.25, 0.3) is 5.91 Å². The molecule has 1 atom stereocenters. The molecule has 0 saturated carbocycles. The summed E-state index contributed by atoms with van der Waals surface area (Å²) in [5, 5.41) is 4.98. The van der Waals surface area contributed by atoms with Crippen molar-refractivity contribution in [3.05, 3.63) is 87.2 Å². The van der Waals surface area contributed by atoms with E-state index in [-0.39, 0.29) is 11.2 Å². The number of amides is 1. The second kappa shape index (κ2) is 10.2. The third-order valence-corrected chi connectivity index (χ3v) is 6.68. The average molecular weight is 460 g/mol. The Hall–Kier alpha value is -2.21. The maximum absolute atomic E-state index is 12.3. The van der Waals surface area contributed by atoms with Gasteiger partial charge < -0.3 is 4.57 Å².